The Morgan fingerprint density at radius 2 is 1.91 bits per heavy atom. The largest absolute Gasteiger partial charge is 0.430 e. The minimum absolute atomic E-state index is 0.138. The van der Waals surface area contributed by atoms with Gasteiger partial charge in [0.1, 0.15) is 5.70 Å². The zero-order valence-electron chi connectivity index (χ0n) is 12.3. The van der Waals surface area contributed by atoms with Crippen LogP contribution >= 0.6 is 11.8 Å². The molecule has 23 heavy (non-hydrogen) atoms. The Morgan fingerprint density at radius 1 is 1.26 bits per heavy atom. The smallest absolute Gasteiger partial charge is 0.392 e. The first-order chi connectivity index (χ1) is 10.8. The molecule has 126 valence electrons. The molecule has 0 amide bonds. The van der Waals surface area contributed by atoms with E-state index in [-0.39, 0.29) is 16.8 Å². The summed E-state index contributed by atoms with van der Waals surface area (Å²) >= 11 is 1.05. The van der Waals surface area contributed by atoms with Crippen LogP contribution in [0.25, 0.3) is 0 Å². The molecule has 1 aromatic rings. The van der Waals surface area contributed by atoms with Crippen LogP contribution in [-0.2, 0) is 0 Å². The van der Waals surface area contributed by atoms with Gasteiger partial charge in [0.25, 0.3) is 0 Å². The first kappa shape index (κ1) is 17.9. The van der Waals surface area contributed by atoms with Gasteiger partial charge >= 0.3 is 6.18 Å². The lowest BCUT2D eigenvalue weighted by molar-refractivity contribution is -0.0981. The maximum Gasteiger partial charge on any atom is 0.430 e. The van der Waals surface area contributed by atoms with Crippen molar-refractivity contribution in [2.24, 2.45) is 0 Å². The van der Waals surface area contributed by atoms with Gasteiger partial charge in [0.2, 0.25) is 5.12 Å². The molecule has 2 N–H and O–H groups in total. The predicted molar refractivity (Wildman–Crippen MR) is 84.1 cm³/mol. The molecule has 1 aliphatic carbocycles. The number of hydrogen-bond donors (Lipinski definition) is 2. The van der Waals surface area contributed by atoms with Crippen LogP contribution in [0.15, 0.2) is 42.6 Å². The van der Waals surface area contributed by atoms with Crippen molar-refractivity contribution < 1.29 is 23.1 Å². The number of aliphatic hydroxyl groups excluding tert-OH is 1. The maximum absolute atomic E-state index is 12.5. The van der Waals surface area contributed by atoms with E-state index in [4.69, 9.17) is 0 Å². The fourth-order valence-corrected chi connectivity index (χ4v) is 3.56. The number of benzene rings is 1. The van der Waals surface area contributed by atoms with Crippen molar-refractivity contribution in [3.63, 3.8) is 0 Å². The van der Waals surface area contributed by atoms with E-state index < -0.39 is 24.0 Å². The van der Waals surface area contributed by atoms with Crippen LogP contribution in [0.1, 0.15) is 29.6 Å². The van der Waals surface area contributed by atoms with Crippen LogP contribution in [0.3, 0.4) is 0 Å². The Morgan fingerprint density at radius 3 is 2.48 bits per heavy atom. The summed E-state index contributed by atoms with van der Waals surface area (Å²) in [6, 6.07) is 8.23. The van der Waals surface area contributed by atoms with Crippen molar-refractivity contribution in [3.05, 3.63) is 48.2 Å². The lowest BCUT2D eigenvalue weighted by Crippen LogP contribution is -2.43. The van der Waals surface area contributed by atoms with E-state index in [1.807, 2.05) is 0 Å². The molecule has 3 atom stereocenters. The van der Waals surface area contributed by atoms with Gasteiger partial charge in [-0.1, -0.05) is 48.7 Å². The maximum atomic E-state index is 12.5. The molecule has 0 aromatic heterocycles. The molecule has 0 unspecified atom stereocenters. The summed E-state index contributed by atoms with van der Waals surface area (Å²) in [6.45, 7) is 2.98. The molecule has 0 radical (unpaired) electrons. The van der Waals surface area contributed by atoms with E-state index in [0.29, 0.717) is 18.4 Å². The minimum Gasteiger partial charge on any atom is -0.392 e. The molecule has 0 saturated heterocycles. The van der Waals surface area contributed by atoms with Crippen molar-refractivity contribution in [2.75, 3.05) is 0 Å². The number of rotatable bonds is 4. The van der Waals surface area contributed by atoms with Crippen LogP contribution in [-0.4, -0.2) is 33.8 Å². The summed E-state index contributed by atoms with van der Waals surface area (Å²) in [5, 5.41) is 12.0. The summed E-state index contributed by atoms with van der Waals surface area (Å²) < 4.78 is 37.4. The highest BCUT2D eigenvalue weighted by Crippen LogP contribution is 2.32. The second-order valence-electron chi connectivity index (χ2n) is 5.51. The van der Waals surface area contributed by atoms with E-state index in [1.54, 1.807) is 30.3 Å². The van der Waals surface area contributed by atoms with Crippen molar-refractivity contribution >= 4 is 16.9 Å². The molecule has 1 saturated carbocycles. The summed E-state index contributed by atoms with van der Waals surface area (Å²) in [7, 11) is 0. The normalized spacial score (nSPS) is 25.0. The Bertz CT molecular complexity index is 562. The fraction of sp³-hybridized carbons (Fsp3) is 0.438. The fourth-order valence-electron chi connectivity index (χ4n) is 2.50. The Labute approximate surface area is 137 Å². The molecule has 0 aliphatic heterocycles. The number of thioether (sulfide) groups is 1. The van der Waals surface area contributed by atoms with Gasteiger partial charge in [-0.05, 0) is 19.3 Å². The number of hydrogen-bond acceptors (Lipinski definition) is 4. The van der Waals surface area contributed by atoms with Crippen LogP contribution in [0.5, 0.6) is 0 Å². The zero-order valence-corrected chi connectivity index (χ0v) is 13.2. The lowest BCUT2D eigenvalue weighted by atomic mass is 9.92. The van der Waals surface area contributed by atoms with E-state index in [2.05, 4.69) is 11.9 Å². The third-order valence-electron chi connectivity index (χ3n) is 3.74. The number of aliphatic hydroxyl groups is 1. The summed E-state index contributed by atoms with van der Waals surface area (Å²) in [4.78, 5) is 12.1. The standard InChI is InChI=1S/C16H18F3NO2S/c1-10(16(17,18)19)20-12-7-8-14(13(21)9-12)23-15(22)11-5-3-2-4-6-11/h2-6,12-14,20-21H,1,7-9H2/t12-,13-,14-/m1/s1. The van der Waals surface area contributed by atoms with Crippen molar-refractivity contribution in [1.29, 1.82) is 0 Å². The van der Waals surface area contributed by atoms with Gasteiger partial charge in [-0.25, -0.2) is 0 Å². The first-order valence-corrected chi connectivity index (χ1v) is 8.12. The second kappa shape index (κ2) is 7.40. The lowest BCUT2D eigenvalue weighted by Gasteiger charge is -2.33. The summed E-state index contributed by atoms with van der Waals surface area (Å²) in [5.41, 5.74) is -0.448. The number of carbonyl (C=O) groups excluding carboxylic acids is 1. The van der Waals surface area contributed by atoms with Gasteiger partial charge in [-0.15, -0.1) is 0 Å². The predicted octanol–water partition coefficient (Wildman–Crippen LogP) is 3.51. The van der Waals surface area contributed by atoms with Crippen LogP contribution in [0.2, 0.25) is 0 Å². The monoisotopic (exact) mass is 345 g/mol. The highest BCUT2D eigenvalue weighted by molar-refractivity contribution is 8.14. The summed E-state index contributed by atoms with van der Waals surface area (Å²) in [6.07, 6.45) is -4.24. The van der Waals surface area contributed by atoms with E-state index >= 15 is 0 Å². The average molecular weight is 345 g/mol. The Balaban J connectivity index is 1.87. The number of nitrogens with one attached hydrogen (secondary N) is 1. The van der Waals surface area contributed by atoms with Gasteiger partial charge in [-0.2, -0.15) is 13.2 Å². The van der Waals surface area contributed by atoms with Gasteiger partial charge in [0, 0.05) is 16.9 Å². The quantitative estimate of drug-likeness (QED) is 0.877. The number of alkyl halides is 3. The molecule has 0 heterocycles. The molecule has 2 rings (SSSR count). The van der Waals surface area contributed by atoms with Crippen molar-refractivity contribution in [2.45, 2.75) is 42.8 Å². The topological polar surface area (TPSA) is 49.3 Å². The average Bonchev–Trinajstić information content (AvgIpc) is 2.50. The van der Waals surface area contributed by atoms with Crippen molar-refractivity contribution in [1.82, 2.24) is 5.32 Å². The van der Waals surface area contributed by atoms with Gasteiger partial charge in [0.15, 0.2) is 0 Å². The van der Waals surface area contributed by atoms with Crippen LogP contribution in [0.4, 0.5) is 13.2 Å². The molecule has 7 heteroatoms. The third-order valence-corrected chi connectivity index (χ3v) is 5.05. The summed E-state index contributed by atoms with van der Waals surface area (Å²) in [5.74, 6) is 0. The Kier molecular flexibility index (Phi) is 5.75. The molecule has 0 bridgehead atoms. The third kappa shape index (κ3) is 5.00. The number of allylic oxidation sites excluding steroid dienone is 1. The van der Waals surface area contributed by atoms with E-state index in [0.717, 1.165) is 11.8 Å². The molecule has 1 aliphatic rings. The van der Waals surface area contributed by atoms with E-state index in [9.17, 15) is 23.1 Å². The zero-order chi connectivity index (χ0) is 17.0. The molecular weight excluding hydrogens is 327 g/mol. The van der Waals surface area contributed by atoms with E-state index in [1.165, 1.54) is 0 Å². The second-order valence-corrected chi connectivity index (χ2v) is 6.72. The van der Waals surface area contributed by atoms with Crippen molar-refractivity contribution in [3.8, 4) is 0 Å². The van der Waals surface area contributed by atoms with Gasteiger partial charge < -0.3 is 10.4 Å². The highest BCUT2D eigenvalue weighted by atomic mass is 32.2. The highest BCUT2D eigenvalue weighted by Gasteiger charge is 2.36. The molecular formula is C16H18F3NO2S. The van der Waals surface area contributed by atoms with Crippen LogP contribution in [0, 0.1) is 0 Å². The number of carbonyl (C=O) groups is 1. The number of halogens is 3. The minimum atomic E-state index is -4.49. The van der Waals surface area contributed by atoms with Crippen LogP contribution < -0.4 is 5.32 Å². The van der Waals surface area contributed by atoms with Gasteiger partial charge in [-0.3, -0.25) is 4.79 Å². The SMILES string of the molecule is C=C(N[C@@H]1CC[C@@H](SC(=O)c2ccccc2)[C@H](O)C1)C(F)(F)F. The molecule has 3 nitrogen and oxygen atoms in total. The molecule has 0 spiro atoms. The first-order valence-electron chi connectivity index (χ1n) is 7.24. The molecule has 1 aromatic carbocycles. The van der Waals surface area contributed by atoms with Gasteiger partial charge in [0.05, 0.1) is 6.10 Å². The molecule has 1 fully saturated rings. The Hall–Kier alpha value is -1.47.